The lowest BCUT2D eigenvalue weighted by molar-refractivity contribution is 0.163. The van der Waals surface area contributed by atoms with Gasteiger partial charge >= 0.3 is 6.03 Å². The van der Waals surface area contributed by atoms with Gasteiger partial charge in [0, 0.05) is 18.8 Å². The van der Waals surface area contributed by atoms with Crippen LogP contribution in [0.3, 0.4) is 0 Å². The van der Waals surface area contributed by atoms with Crippen LogP contribution in [0.25, 0.3) is 5.69 Å². The molecule has 0 spiro atoms. The lowest BCUT2D eigenvalue weighted by Crippen LogP contribution is -2.38. The molecule has 2 unspecified atom stereocenters. The highest BCUT2D eigenvalue weighted by Gasteiger charge is 2.11. The quantitative estimate of drug-likeness (QED) is 0.722. The fraction of sp³-hybridized carbons (Fsp3) is 0.474. The maximum Gasteiger partial charge on any atom is 0.315 e. The maximum atomic E-state index is 12.0. The number of nitrogens with one attached hydrogen (secondary N) is 2. The normalized spacial score (nSPS) is 13.3. The molecule has 6 nitrogen and oxygen atoms in total. The Labute approximate surface area is 149 Å². The summed E-state index contributed by atoms with van der Waals surface area (Å²) in [7, 11) is 0. The zero-order chi connectivity index (χ0) is 18.4. The lowest BCUT2D eigenvalue weighted by Gasteiger charge is -2.15. The van der Waals surface area contributed by atoms with Crippen LogP contribution in [-0.4, -0.2) is 33.6 Å². The average Bonchev–Trinajstić information content (AvgIpc) is 2.89. The lowest BCUT2D eigenvalue weighted by atomic mass is 10.1. The van der Waals surface area contributed by atoms with Crippen LogP contribution >= 0.6 is 0 Å². The van der Waals surface area contributed by atoms with Crippen LogP contribution < -0.4 is 10.6 Å². The van der Waals surface area contributed by atoms with E-state index in [0.29, 0.717) is 19.5 Å². The third kappa shape index (κ3) is 5.60. The molecular formula is C19H28N4O2. The van der Waals surface area contributed by atoms with Gasteiger partial charge < -0.3 is 15.7 Å². The second kappa shape index (κ2) is 8.67. The first-order valence-electron chi connectivity index (χ1n) is 8.68. The van der Waals surface area contributed by atoms with Crippen molar-refractivity contribution in [3.63, 3.8) is 0 Å². The molecule has 0 bridgehead atoms. The molecule has 0 aliphatic carbocycles. The topological polar surface area (TPSA) is 79.2 Å². The summed E-state index contributed by atoms with van der Waals surface area (Å²) in [4.78, 5) is 12.0. The number of aromatic nitrogens is 2. The zero-order valence-corrected chi connectivity index (χ0v) is 15.4. The number of hydrogen-bond donors (Lipinski definition) is 3. The Morgan fingerprint density at radius 2 is 1.96 bits per heavy atom. The van der Waals surface area contributed by atoms with Gasteiger partial charge in [-0.15, -0.1) is 0 Å². The number of nitrogens with zero attached hydrogens (tertiary/aromatic N) is 2. The van der Waals surface area contributed by atoms with Crippen LogP contribution in [0.1, 0.15) is 37.2 Å². The highest BCUT2D eigenvalue weighted by molar-refractivity contribution is 5.73. The Balaban J connectivity index is 1.95. The molecule has 2 rings (SSSR count). The summed E-state index contributed by atoms with van der Waals surface area (Å²) in [5, 5.41) is 19.6. The third-order valence-electron chi connectivity index (χ3n) is 4.02. The van der Waals surface area contributed by atoms with Crippen molar-refractivity contribution in [2.45, 2.75) is 46.8 Å². The van der Waals surface area contributed by atoms with Gasteiger partial charge in [-0.2, -0.15) is 5.10 Å². The fourth-order valence-electron chi connectivity index (χ4n) is 2.91. The van der Waals surface area contributed by atoms with E-state index in [1.165, 1.54) is 0 Å². The smallest absolute Gasteiger partial charge is 0.315 e. The minimum Gasteiger partial charge on any atom is -0.393 e. The second-order valence-electron chi connectivity index (χ2n) is 6.72. The molecule has 0 aliphatic heterocycles. The molecule has 0 fully saturated rings. The van der Waals surface area contributed by atoms with Gasteiger partial charge in [-0.25, -0.2) is 9.48 Å². The Kier molecular flexibility index (Phi) is 6.58. The molecule has 0 saturated heterocycles. The molecule has 0 radical (unpaired) electrons. The van der Waals surface area contributed by atoms with Gasteiger partial charge in [0.05, 0.1) is 17.5 Å². The Morgan fingerprint density at radius 3 is 2.60 bits per heavy atom. The summed E-state index contributed by atoms with van der Waals surface area (Å²) >= 11 is 0. The van der Waals surface area contributed by atoms with Crippen molar-refractivity contribution < 1.29 is 9.90 Å². The maximum absolute atomic E-state index is 12.0. The average molecular weight is 344 g/mol. The van der Waals surface area contributed by atoms with Gasteiger partial charge in [0.15, 0.2) is 0 Å². The number of aliphatic hydroxyl groups is 1. The highest BCUT2D eigenvalue weighted by Crippen LogP contribution is 2.16. The van der Waals surface area contributed by atoms with Gasteiger partial charge in [-0.1, -0.05) is 25.1 Å². The van der Waals surface area contributed by atoms with Gasteiger partial charge in [0.2, 0.25) is 0 Å². The van der Waals surface area contributed by atoms with E-state index in [4.69, 9.17) is 0 Å². The Bertz CT molecular complexity index is 709. The van der Waals surface area contributed by atoms with Crippen molar-refractivity contribution in [2.24, 2.45) is 5.92 Å². The summed E-state index contributed by atoms with van der Waals surface area (Å²) < 4.78 is 1.90. The molecule has 1 heterocycles. The first-order valence-corrected chi connectivity index (χ1v) is 8.68. The third-order valence-corrected chi connectivity index (χ3v) is 4.02. The Hall–Kier alpha value is -2.34. The van der Waals surface area contributed by atoms with Crippen molar-refractivity contribution >= 4 is 6.03 Å². The van der Waals surface area contributed by atoms with Gasteiger partial charge in [-0.3, -0.25) is 0 Å². The number of carbonyl (C=O) groups excluding carboxylic acids is 1. The molecule has 25 heavy (non-hydrogen) atoms. The molecule has 2 amide bonds. The van der Waals surface area contributed by atoms with Crippen molar-refractivity contribution in [3.8, 4) is 5.69 Å². The number of aryl methyl sites for hydroxylation is 2. The number of rotatable bonds is 7. The van der Waals surface area contributed by atoms with Crippen molar-refractivity contribution in [3.05, 3.63) is 47.3 Å². The van der Waals surface area contributed by atoms with Crippen molar-refractivity contribution in [1.82, 2.24) is 20.4 Å². The monoisotopic (exact) mass is 344 g/mol. The van der Waals surface area contributed by atoms with Gasteiger partial charge in [0.1, 0.15) is 0 Å². The summed E-state index contributed by atoms with van der Waals surface area (Å²) in [6.45, 7) is 8.70. The van der Waals surface area contributed by atoms with E-state index in [9.17, 15) is 9.90 Å². The van der Waals surface area contributed by atoms with Crippen LogP contribution in [0.15, 0.2) is 30.3 Å². The number of aliphatic hydroxyl groups excluding tert-OH is 1. The summed E-state index contributed by atoms with van der Waals surface area (Å²) in [5.74, 6) is 0.229. The summed E-state index contributed by atoms with van der Waals surface area (Å²) in [5.41, 5.74) is 3.99. The molecular weight excluding hydrogens is 316 g/mol. The number of carbonyl (C=O) groups is 1. The van der Waals surface area contributed by atoms with E-state index in [1.54, 1.807) is 6.92 Å². The summed E-state index contributed by atoms with van der Waals surface area (Å²) in [6, 6.07) is 9.73. The first-order chi connectivity index (χ1) is 11.9. The SMILES string of the molecule is Cc1cc(C)n(-c2ccccc2CNC(=O)NCC(C)CC(C)O)n1. The van der Waals surface area contributed by atoms with Crippen LogP contribution in [-0.2, 0) is 6.54 Å². The minimum absolute atomic E-state index is 0.208. The molecule has 6 heteroatoms. The Morgan fingerprint density at radius 1 is 1.24 bits per heavy atom. The number of hydrogen-bond acceptors (Lipinski definition) is 3. The molecule has 0 aliphatic rings. The first kappa shape index (κ1) is 19.0. The van der Waals surface area contributed by atoms with Crippen LogP contribution in [0.5, 0.6) is 0 Å². The van der Waals surface area contributed by atoms with Crippen LogP contribution in [0.4, 0.5) is 4.79 Å². The van der Waals surface area contributed by atoms with E-state index < -0.39 is 0 Å². The van der Waals surface area contributed by atoms with E-state index >= 15 is 0 Å². The van der Waals surface area contributed by atoms with Crippen molar-refractivity contribution in [1.29, 1.82) is 0 Å². The molecule has 2 aromatic rings. The predicted octanol–water partition coefficient (Wildman–Crippen LogP) is 2.70. The molecule has 2 atom stereocenters. The van der Waals surface area contributed by atoms with Crippen molar-refractivity contribution in [2.75, 3.05) is 6.54 Å². The predicted molar refractivity (Wildman–Crippen MR) is 98.7 cm³/mol. The zero-order valence-electron chi connectivity index (χ0n) is 15.4. The molecule has 3 N–H and O–H groups in total. The van der Waals surface area contributed by atoms with E-state index in [0.717, 1.165) is 22.6 Å². The standard InChI is InChI=1S/C19H28N4O2/c1-13(9-16(4)24)11-20-19(25)21-12-17-7-5-6-8-18(17)23-15(3)10-14(2)22-23/h5-8,10,13,16,24H,9,11-12H2,1-4H3,(H2,20,21,25). The van der Waals surface area contributed by atoms with Crippen LogP contribution in [0, 0.1) is 19.8 Å². The van der Waals surface area contributed by atoms with Gasteiger partial charge in [0.25, 0.3) is 0 Å². The number of amides is 2. The van der Waals surface area contributed by atoms with Crippen LogP contribution in [0.2, 0.25) is 0 Å². The molecule has 136 valence electrons. The fourth-order valence-corrected chi connectivity index (χ4v) is 2.91. The molecule has 1 aromatic carbocycles. The van der Waals surface area contributed by atoms with E-state index in [2.05, 4.69) is 15.7 Å². The van der Waals surface area contributed by atoms with E-state index in [-0.39, 0.29) is 18.1 Å². The highest BCUT2D eigenvalue weighted by atomic mass is 16.3. The van der Waals surface area contributed by atoms with E-state index in [1.807, 2.05) is 55.8 Å². The second-order valence-corrected chi connectivity index (χ2v) is 6.72. The number of para-hydroxylation sites is 1. The number of urea groups is 1. The minimum atomic E-state index is -0.354. The number of benzene rings is 1. The largest absolute Gasteiger partial charge is 0.393 e. The molecule has 1 aromatic heterocycles. The van der Waals surface area contributed by atoms with Gasteiger partial charge in [-0.05, 0) is 50.8 Å². The molecule has 0 saturated carbocycles. The summed E-state index contributed by atoms with van der Waals surface area (Å²) in [6.07, 6.45) is 0.314.